The Morgan fingerprint density at radius 3 is 2.71 bits per heavy atom. The number of nitrogens with zero attached hydrogens (tertiary/aromatic N) is 1. The molecule has 0 bridgehead atoms. The van der Waals surface area contributed by atoms with E-state index in [0.29, 0.717) is 5.69 Å². The fourth-order valence-electron chi connectivity index (χ4n) is 3.31. The van der Waals surface area contributed by atoms with Crippen LogP contribution in [0.2, 0.25) is 0 Å². The summed E-state index contributed by atoms with van der Waals surface area (Å²) in [5.74, 6) is -0.496. The second-order valence-electron chi connectivity index (χ2n) is 6.78. The maximum absolute atomic E-state index is 12.5. The molecule has 2 aromatic carbocycles. The van der Waals surface area contributed by atoms with Gasteiger partial charge in [0, 0.05) is 23.8 Å². The van der Waals surface area contributed by atoms with E-state index in [0.717, 1.165) is 16.5 Å². The molecule has 7 heteroatoms. The SMILES string of the molecule is O=C(CCC1NC(=O)N(Cc2ccccc2)C1=O)Nc1ccc2cc[nH]c2c1. The number of fused-ring (bicyclic) bond motifs is 1. The molecule has 0 spiro atoms. The Bertz CT molecular complexity index is 1030. The predicted octanol–water partition coefficient (Wildman–Crippen LogP) is 3.01. The van der Waals surface area contributed by atoms with E-state index in [1.807, 2.05) is 60.8 Å². The number of anilines is 1. The lowest BCUT2D eigenvalue weighted by atomic mass is 10.1. The molecule has 1 saturated heterocycles. The number of rotatable bonds is 6. The van der Waals surface area contributed by atoms with Crippen molar-refractivity contribution in [2.24, 2.45) is 0 Å². The zero-order chi connectivity index (χ0) is 19.5. The summed E-state index contributed by atoms with van der Waals surface area (Å²) in [5, 5.41) is 6.56. The summed E-state index contributed by atoms with van der Waals surface area (Å²) in [4.78, 5) is 41.2. The fourth-order valence-corrected chi connectivity index (χ4v) is 3.31. The average Bonchev–Trinajstić information content (AvgIpc) is 3.26. The molecule has 0 aliphatic carbocycles. The minimum absolute atomic E-state index is 0.138. The highest BCUT2D eigenvalue weighted by Crippen LogP contribution is 2.19. The molecule has 0 radical (unpaired) electrons. The molecule has 2 heterocycles. The third-order valence-corrected chi connectivity index (χ3v) is 4.79. The van der Waals surface area contributed by atoms with E-state index in [-0.39, 0.29) is 31.2 Å². The number of nitrogens with one attached hydrogen (secondary N) is 3. The predicted molar refractivity (Wildman–Crippen MR) is 105 cm³/mol. The van der Waals surface area contributed by atoms with Crippen molar-refractivity contribution in [3.8, 4) is 0 Å². The molecule has 3 N–H and O–H groups in total. The largest absolute Gasteiger partial charge is 0.361 e. The van der Waals surface area contributed by atoms with E-state index < -0.39 is 12.1 Å². The lowest BCUT2D eigenvalue weighted by molar-refractivity contribution is -0.128. The molecule has 28 heavy (non-hydrogen) atoms. The first-order valence-electron chi connectivity index (χ1n) is 9.13. The molecule has 1 unspecified atom stereocenters. The van der Waals surface area contributed by atoms with Crippen molar-refractivity contribution in [2.75, 3.05) is 5.32 Å². The van der Waals surface area contributed by atoms with Gasteiger partial charge in [-0.15, -0.1) is 0 Å². The van der Waals surface area contributed by atoms with Crippen LogP contribution in [-0.4, -0.2) is 33.8 Å². The summed E-state index contributed by atoms with van der Waals surface area (Å²) in [5.41, 5.74) is 2.50. The minimum atomic E-state index is -0.673. The Labute approximate surface area is 161 Å². The Balaban J connectivity index is 1.32. The average molecular weight is 376 g/mol. The van der Waals surface area contributed by atoms with Crippen LogP contribution in [0.5, 0.6) is 0 Å². The van der Waals surface area contributed by atoms with Crippen LogP contribution < -0.4 is 10.6 Å². The number of hydrogen-bond acceptors (Lipinski definition) is 3. The van der Waals surface area contributed by atoms with Crippen molar-refractivity contribution in [1.29, 1.82) is 0 Å². The molecule has 1 aliphatic heterocycles. The lowest BCUT2D eigenvalue weighted by Crippen LogP contribution is -2.31. The number of aromatic amines is 1. The number of aromatic nitrogens is 1. The molecular weight excluding hydrogens is 356 g/mol. The van der Waals surface area contributed by atoms with Crippen LogP contribution in [0.3, 0.4) is 0 Å². The van der Waals surface area contributed by atoms with Crippen LogP contribution in [0, 0.1) is 0 Å². The van der Waals surface area contributed by atoms with Gasteiger partial charge in [-0.2, -0.15) is 0 Å². The van der Waals surface area contributed by atoms with Gasteiger partial charge in [-0.25, -0.2) is 4.79 Å². The Hall–Kier alpha value is -3.61. The number of carbonyl (C=O) groups excluding carboxylic acids is 3. The number of amides is 4. The molecule has 0 saturated carbocycles. The van der Waals surface area contributed by atoms with Gasteiger partial charge in [-0.1, -0.05) is 36.4 Å². The summed E-state index contributed by atoms with van der Waals surface area (Å²) >= 11 is 0. The number of H-pyrrole nitrogens is 1. The fraction of sp³-hybridized carbons (Fsp3) is 0.190. The molecule has 7 nitrogen and oxygen atoms in total. The molecule has 1 atom stereocenters. The molecule has 142 valence electrons. The molecular formula is C21H20N4O3. The zero-order valence-electron chi connectivity index (χ0n) is 15.1. The van der Waals surface area contributed by atoms with E-state index in [4.69, 9.17) is 0 Å². The normalized spacial score (nSPS) is 16.4. The van der Waals surface area contributed by atoms with Gasteiger partial charge >= 0.3 is 6.03 Å². The van der Waals surface area contributed by atoms with Crippen LogP contribution in [0.25, 0.3) is 10.9 Å². The van der Waals surface area contributed by atoms with Gasteiger partial charge in [-0.05, 0) is 35.6 Å². The molecule has 4 amide bonds. The first-order chi connectivity index (χ1) is 13.6. The van der Waals surface area contributed by atoms with E-state index >= 15 is 0 Å². The van der Waals surface area contributed by atoms with E-state index in [1.54, 1.807) is 0 Å². The second kappa shape index (κ2) is 7.56. The maximum atomic E-state index is 12.5. The first kappa shape index (κ1) is 17.8. The maximum Gasteiger partial charge on any atom is 0.325 e. The standard InChI is InChI=1S/C21H20N4O3/c26-19(23-16-7-6-15-10-11-22-18(15)12-16)9-8-17-20(27)25(21(28)24-17)13-14-4-2-1-3-5-14/h1-7,10-12,17,22H,8-9,13H2,(H,23,26)(H,24,28). The van der Waals surface area contributed by atoms with Gasteiger partial charge in [0.15, 0.2) is 0 Å². The molecule has 4 rings (SSSR count). The molecule has 1 aromatic heterocycles. The quantitative estimate of drug-likeness (QED) is 0.577. The minimum Gasteiger partial charge on any atom is -0.361 e. The monoisotopic (exact) mass is 376 g/mol. The van der Waals surface area contributed by atoms with Crippen LogP contribution in [0.4, 0.5) is 10.5 Å². The van der Waals surface area contributed by atoms with Gasteiger partial charge in [0.05, 0.1) is 6.54 Å². The van der Waals surface area contributed by atoms with Crippen LogP contribution in [0.15, 0.2) is 60.8 Å². The summed E-state index contributed by atoms with van der Waals surface area (Å²) in [6.07, 6.45) is 2.23. The van der Waals surface area contributed by atoms with E-state index in [2.05, 4.69) is 15.6 Å². The highest BCUT2D eigenvalue weighted by molar-refractivity contribution is 6.04. The smallest absolute Gasteiger partial charge is 0.325 e. The Morgan fingerprint density at radius 2 is 1.89 bits per heavy atom. The summed E-state index contributed by atoms with van der Waals surface area (Å²) < 4.78 is 0. The topological polar surface area (TPSA) is 94.3 Å². The first-order valence-corrected chi connectivity index (χ1v) is 9.13. The Morgan fingerprint density at radius 1 is 1.07 bits per heavy atom. The lowest BCUT2D eigenvalue weighted by Gasteiger charge is -2.13. The van der Waals surface area contributed by atoms with Gasteiger partial charge in [0.1, 0.15) is 6.04 Å². The molecule has 1 fully saturated rings. The summed E-state index contributed by atoms with van der Waals surface area (Å²) in [6, 6.07) is 15.8. The summed E-state index contributed by atoms with van der Waals surface area (Å²) in [6.45, 7) is 0.227. The van der Waals surface area contributed by atoms with Crippen LogP contribution in [-0.2, 0) is 16.1 Å². The highest BCUT2D eigenvalue weighted by atomic mass is 16.2. The number of carbonyl (C=O) groups is 3. The van der Waals surface area contributed by atoms with Gasteiger partial charge < -0.3 is 15.6 Å². The summed E-state index contributed by atoms with van der Waals surface area (Å²) in [7, 11) is 0. The van der Waals surface area contributed by atoms with E-state index in [1.165, 1.54) is 4.90 Å². The molecule has 3 aromatic rings. The van der Waals surface area contributed by atoms with Crippen molar-refractivity contribution < 1.29 is 14.4 Å². The Kier molecular flexibility index (Phi) is 4.80. The van der Waals surface area contributed by atoms with Gasteiger partial charge in [0.2, 0.25) is 5.91 Å². The van der Waals surface area contributed by atoms with Crippen molar-refractivity contribution in [3.05, 3.63) is 66.4 Å². The van der Waals surface area contributed by atoms with E-state index in [9.17, 15) is 14.4 Å². The third-order valence-electron chi connectivity index (χ3n) is 4.79. The van der Waals surface area contributed by atoms with Crippen molar-refractivity contribution in [3.63, 3.8) is 0 Å². The van der Waals surface area contributed by atoms with Crippen molar-refractivity contribution >= 4 is 34.4 Å². The van der Waals surface area contributed by atoms with Crippen LogP contribution in [0.1, 0.15) is 18.4 Å². The number of urea groups is 1. The second-order valence-corrected chi connectivity index (χ2v) is 6.78. The van der Waals surface area contributed by atoms with Crippen molar-refractivity contribution in [1.82, 2.24) is 15.2 Å². The van der Waals surface area contributed by atoms with Crippen LogP contribution >= 0.6 is 0 Å². The van der Waals surface area contributed by atoms with Gasteiger partial charge in [0.25, 0.3) is 5.91 Å². The van der Waals surface area contributed by atoms with Crippen molar-refractivity contribution in [2.45, 2.75) is 25.4 Å². The zero-order valence-corrected chi connectivity index (χ0v) is 15.1. The number of benzene rings is 2. The van der Waals surface area contributed by atoms with Gasteiger partial charge in [-0.3, -0.25) is 14.5 Å². The number of imide groups is 1. The third kappa shape index (κ3) is 3.73. The number of hydrogen-bond donors (Lipinski definition) is 3. The molecule has 1 aliphatic rings. The highest BCUT2D eigenvalue weighted by Gasteiger charge is 2.37.